The quantitative estimate of drug-likeness (QED) is 0.854. The lowest BCUT2D eigenvalue weighted by Crippen LogP contribution is -2.11. The lowest BCUT2D eigenvalue weighted by atomic mass is 10.0. The van der Waals surface area contributed by atoms with Crippen molar-refractivity contribution in [3.8, 4) is 0 Å². The summed E-state index contributed by atoms with van der Waals surface area (Å²) >= 11 is 0. The predicted molar refractivity (Wildman–Crippen MR) is 75.4 cm³/mol. The average molecular weight is 259 g/mol. The van der Waals surface area contributed by atoms with Gasteiger partial charge in [-0.1, -0.05) is 37.3 Å². The van der Waals surface area contributed by atoms with Gasteiger partial charge < -0.3 is 10.4 Å². The van der Waals surface area contributed by atoms with Crippen molar-refractivity contribution in [2.45, 2.75) is 26.0 Å². The molecule has 100 valence electrons. The Labute approximate surface area is 112 Å². The highest BCUT2D eigenvalue weighted by Gasteiger charge is 2.10. The summed E-state index contributed by atoms with van der Waals surface area (Å²) in [5.74, 6) is -0.227. The monoisotopic (exact) mass is 259 g/mol. The first-order valence-electron chi connectivity index (χ1n) is 6.45. The fourth-order valence-corrected chi connectivity index (χ4v) is 2.10. The van der Waals surface area contributed by atoms with E-state index in [-0.39, 0.29) is 18.5 Å². The molecule has 0 aliphatic rings. The Kier molecular flexibility index (Phi) is 4.53. The minimum absolute atomic E-state index is 0.00300. The van der Waals surface area contributed by atoms with Gasteiger partial charge in [-0.15, -0.1) is 0 Å². The van der Waals surface area contributed by atoms with E-state index in [1.54, 1.807) is 12.1 Å². The molecule has 2 N–H and O–H groups in total. The average Bonchev–Trinajstić information content (AvgIpc) is 2.46. The van der Waals surface area contributed by atoms with Crippen molar-refractivity contribution in [2.75, 3.05) is 5.32 Å². The van der Waals surface area contributed by atoms with Crippen LogP contribution in [0.25, 0.3) is 0 Å². The van der Waals surface area contributed by atoms with E-state index in [1.165, 1.54) is 12.1 Å². The number of anilines is 1. The second-order valence-electron chi connectivity index (χ2n) is 4.47. The van der Waals surface area contributed by atoms with Crippen molar-refractivity contribution in [3.05, 3.63) is 65.5 Å². The largest absolute Gasteiger partial charge is 0.392 e. The van der Waals surface area contributed by atoms with E-state index in [9.17, 15) is 9.50 Å². The summed E-state index contributed by atoms with van der Waals surface area (Å²) in [5.41, 5.74) is 2.82. The van der Waals surface area contributed by atoms with Crippen LogP contribution < -0.4 is 5.32 Å². The maximum atomic E-state index is 12.9. The van der Waals surface area contributed by atoms with E-state index in [0.29, 0.717) is 0 Å². The number of para-hydroxylation sites is 1. The van der Waals surface area contributed by atoms with Crippen LogP contribution in [0.5, 0.6) is 0 Å². The van der Waals surface area contributed by atoms with Gasteiger partial charge in [0, 0.05) is 11.3 Å². The highest BCUT2D eigenvalue weighted by Crippen LogP contribution is 2.25. The summed E-state index contributed by atoms with van der Waals surface area (Å²) < 4.78 is 12.9. The number of nitrogens with one attached hydrogen (secondary N) is 1. The minimum atomic E-state index is -0.227. The third kappa shape index (κ3) is 3.32. The number of rotatable bonds is 5. The van der Waals surface area contributed by atoms with Gasteiger partial charge in [0.05, 0.1) is 12.6 Å². The SMILES string of the molecule is CCC(Nc1ccccc1CO)c1ccc(F)cc1. The second kappa shape index (κ2) is 6.34. The molecular weight excluding hydrogens is 241 g/mol. The summed E-state index contributed by atoms with van der Waals surface area (Å²) in [5, 5.41) is 12.7. The Morgan fingerprint density at radius 3 is 2.42 bits per heavy atom. The first-order valence-corrected chi connectivity index (χ1v) is 6.45. The number of aliphatic hydroxyl groups is 1. The Morgan fingerprint density at radius 1 is 1.11 bits per heavy atom. The van der Waals surface area contributed by atoms with Crippen molar-refractivity contribution < 1.29 is 9.50 Å². The molecule has 0 aliphatic heterocycles. The van der Waals surface area contributed by atoms with E-state index in [4.69, 9.17) is 0 Å². The zero-order valence-corrected chi connectivity index (χ0v) is 10.9. The van der Waals surface area contributed by atoms with Gasteiger partial charge in [0.25, 0.3) is 0 Å². The van der Waals surface area contributed by atoms with Crippen LogP contribution in [0.2, 0.25) is 0 Å². The van der Waals surface area contributed by atoms with Gasteiger partial charge in [0.1, 0.15) is 5.82 Å². The van der Waals surface area contributed by atoms with Crippen molar-refractivity contribution in [1.82, 2.24) is 0 Å². The fourth-order valence-electron chi connectivity index (χ4n) is 2.10. The molecule has 1 unspecified atom stereocenters. The van der Waals surface area contributed by atoms with Crippen LogP contribution in [0.4, 0.5) is 10.1 Å². The summed E-state index contributed by atoms with van der Waals surface area (Å²) in [7, 11) is 0. The third-order valence-electron chi connectivity index (χ3n) is 3.20. The fraction of sp³-hybridized carbons (Fsp3) is 0.250. The van der Waals surface area contributed by atoms with Gasteiger partial charge in [-0.25, -0.2) is 4.39 Å². The highest BCUT2D eigenvalue weighted by atomic mass is 19.1. The Bertz CT molecular complexity index is 525. The summed E-state index contributed by atoms with van der Waals surface area (Å²) in [4.78, 5) is 0. The van der Waals surface area contributed by atoms with E-state index in [0.717, 1.165) is 23.2 Å². The molecule has 0 bridgehead atoms. The smallest absolute Gasteiger partial charge is 0.123 e. The molecule has 0 aromatic heterocycles. The summed E-state index contributed by atoms with van der Waals surface area (Å²) in [6.07, 6.45) is 0.880. The van der Waals surface area contributed by atoms with E-state index < -0.39 is 0 Å². The van der Waals surface area contributed by atoms with Crippen molar-refractivity contribution in [1.29, 1.82) is 0 Å². The zero-order valence-electron chi connectivity index (χ0n) is 10.9. The van der Waals surface area contributed by atoms with Crippen LogP contribution in [0.15, 0.2) is 48.5 Å². The van der Waals surface area contributed by atoms with Gasteiger partial charge in [0.15, 0.2) is 0 Å². The summed E-state index contributed by atoms with van der Waals surface area (Å²) in [6.45, 7) is 2.08. The molecule has 2 aromatic rings. The molecule has 0 radical (unpaired) electrons. The van der Waals surface area contributed by atoms with Crippen LogP contribution in [0.3, 0.4) is 0 Å². The first-order chi connectivity index (χ1) is 9.24. The lowest BCUT2D eigenvalue weighted by molar-refractivity contribution is 0.282. The number of benzene rings is 2. The number of halogens is 1. The molecule has 1 atom stereocenters. The molecule has 2 aromatic carbocycles. The van der Waals surface area contributed by atoms with Crippen molar-refractivity contribution in [2.24, 2.45) is 0 Å². The van der Waals surface area contributed by atoms with Crippen molar-refractivity contribution in [3.63, 3.8) is 0 Å². The van der Waals surface area contributed by atoms with Crippen LogP contribution in [0, 0.1) is 5.82 Å². The van der Waals surface area contributed by atoms with Crippen LogP contribution in [0.1, 0.15) is 30.5 Å². The Hall–Kier alpha value is -1.87. The second-order valence-corrected chi connectivity index (χ2v) is 4.47. The third-order valence-corrected chi connectivity index (χ3v) is 3.20. The standard InChI is InChI=1S/C16H18FNO/c1-2-15(12-7-9-14(17)10-8-12)18-16-6-4-3-5-13(16)11-19/h3-10,15,18-19H,2,11H2,1H3. The van der Waals surface area contributed by atoms with Gasteiger partial charge >= 0.3 is 0 Å². The van der Waals surface area contributed by atoms with Gasteiger partial charge in [-0.05, 0) is 30.2 Å². The molecule has 19 heavy (non-hydrogen) atoms. The molecule has 0 saturated carbocycles. The van der Waals surface area contributed by atoms with Crippen LogP contribution in [-0.2, 0) is 6.61 Å². The lowest BCUT2D eigenvalue weighted by Gasteiger charge is -2.20. The highest BCUT2D eigenvalue weighted by molar-refractivity contribution is 5.52. The van der Waals surface area contributed by atoms with E-state index in [1.807, 2.05) is 24.3 Å². The molecule has 3 heteroatoms. The molecule has 0 heterocycles. The number of hydrogen-bond donors (Lipinski definition) is 2. The topological polar surface area (TPSA) is 32.3 Å². The Balaban J connectivity index is 2.21. The summed E-state index contributed by atoms with van der Waals surface area (Å²) in [6, 6.07) is 14.3. The molecule has 0 aliphatic carbocycles. The van der Waals surface area contributed by atoms with E-state index >= 15 is 0 Å². The number of aliphatic hydroxyl groups excluding tert-OH is 1. The maximum absolute atomic E-state index is 12.9. The normalized spacial score (nSPS) is 12.2. The molecule has 0 fully saturated rings. The molecular formula is C16H18FNO. The minimum Gasteiger partial charge on any atom is -0.392 e. The van der Waals surface area contributed by atoms with E-state index in [2.05, 4.69) is 12.2 Å². The van der Waals surface area contributed by atoms with Crippen LogP contribution >= 0.6 is 0 Å². The predicted octanol–water partition coefficient (Wildman–Crippen LogP) is 3.88. The molecule has 0 saturated heterocycles. The first kappa shape index (κ1) is 13.6. The molecule has 0 spiro atoms. The number of hydrogen-bond acceptors (Lipinski definition) is 2. The van der Waals surface area contributed by atoms with Crippen molar-refractivity contribution >= 4 is 5.69 Å². The zero-order chi connectivity index (χ0) is 13.7. The van der Waals surface area contributed by atoms with Gasteiger partial charge in [-0.2, -0.15) is 0 Å². The maximum Gasteiger partial charge on any atom is 0.123 e. The Morgan fingerprint density at radius 2 is 1.79 bits per heavy atom. The molecule has 0 amide bonds. The molecule has 2 nitrogen and oxygen atoms in total. The van der Waals surface area contributed by atoms with Gasteiger partial charge in [0.2, 0.25) is 0 Å². The van der Waals surface area contributed by atoms with Crippen LogP contribution in [-0.4, -0.2) is 5.11 Å². The van der Waals surface area contributed by atoms with Gasteiger partial charge in [-0.3, -0.25) is 0 Å². The molecule has 2 rings (SSSR count).